The van der Waals surface area contributed by atoms with E-state index in [2.05, 4.69) is 54.6 Å². The molecule has 0 spiro atoms. The molecule has 1 atom stereocenters. The number of amidine groups is 1. The first-order valence-electron chi connectivity index (χ1n) is 9.90. The zero-order chi connectivity index (χ0) is 24.5. The minimum absolute atomic E-state index is 0.0224. The van der Waals surface area contributed by atoms with E-state index in [9.17, 15) is 13.2 Å². The van der Waals surface area contributed by atoms with Gasteiger partial charge in [-0.25, -0.2) is 10.3 Å². The van der Waals surface area contributed by atoms with Gasteiger partial charge in [0.15, 0.2) is 0 Å². The molecular formula is C22H33N5O4S. The third-order valence-electron chi connectivity index (χ3n) is 4.72. The van der Waals surface area contributed by atoms with Crippen molar-refractivity contribution < 1.29 is 17.9 Å². The van der Waals surface area contributed by atoms with Crippen LogP contribution >= 0.6 is 0 Å². The fraction of sp³-hybridized carbons (Fsp3) is 0.364. The highest BCUT2D eigenvalue weighted by Gasteiger charge is 2.23. The number of rotatable bonds is 9. The summed E-state index contributed by atoms with van der Waals surface area (Å²) in [5.41, 5.74) is 10.1. The van der Waals surface area contributed by atoms with Gasteiger partial charge in [-0.1, -0.05) is 39.0 Å². The molecule has 0 amide bonds. The average Bonchev–Trinajstić information content (AvgIpc) is 2.70. The van der Waals surface area contributed by atoms with Crippen LogP contribution in [0.2, 0.25) is 0 Å². The predicted octanol–water partition coefficient (Wildman–Crippen LogP) is 1.96. The third kappa shape index (κ3) is 9.15. The molecule has 176 valence electrons. The molecule has 1 unspecified atom stereocenters. The first-order chi connectivity index (χ1) is 14.8. The van der Waals surface area contributed by atoms with Crippen LogP contribution in [0.3, 0.4) is 0 Å². The molecule has 0 heterocycles. The molecule has 2 aromatic rings. The summed E-state index contributed by atoms with van der Waals surface area (Å²) in [7, 11) is -1.97. The molecule has 0 radical (unpaired) electrons. The van der Waals surface area contributed by atoms with Crippen molar-refractivity contribution in [1.29, 1.82) is 5.41 Å². The Balaban J connectivity index is 0.000000920. The summed E-state index contributed by atoms with van der Waals surface area (Å²) in [4.78, 5) is 11.8. The molecule has 8 N–H and O–H groups in total. The minimum atomic E-state index is -3.67. The Labute approximate surface area is 190 Å². The van der Waals surface area contributed by atoms with Gasteiger partial charge in [0.2, 0.25) is 0 Å². The van der Waals surface area contributed by atoms with Crippen molar-refractivity contribution >= 4 is 28.0 Å². The van der Waals surface area contributed by atoms with Gasteiger partial charge in [-0.15, -0.1) is 0 Å². The summed E-state index contributed by atoms with van der Waals surface area (Å²) in [6.07, 6.45) is 1.81. The van der Waals surface area contributed by atoms with Gasteiger partial charge in [0, 0.05) is 23.8 Å². The van der Waals surface area contributed by atoms with Crippen LogP contribution in [-0.4, -0.2) is 34.3 Å². The highest BCUT2D eigenvalue weighted by Crippen LogP contribution is 2.29. The normalized spacial score (nSPS) is 12.3. The zero-order valence-electron chi connectivity index (χ0n) is 18.9. The molecule has 32 heavy (non-hydrogen) atoms. The molecule has 9 nitrogen and oxygen atoms in total. The number of carbonyl (C=O) groups excluding carboxylic acids is 1. The summed E-state index contributed by atoms with van der Waals surface area (Å²) in [6.45, 7) is 6.99. The van der Waals surface area contributed by atoms with E-state index in [1.165, 1.54) is 5.56 Å². The number of benzene rings is 2. The molecule has 0 aliphatic carbocycles. The predicted molar refractivity (Wildman–Crippen MR) is 128 cm³/mol. The Morgan fingerprint density at radius 2 is 1.75 bits per heavy atom. The first kappa shape index (κ1) is 27.2. The number of nitrogens with one attached hydrogen (secondary N) is 2. The van der Waals surface area contributed by atoms with Gasteiger partial charge in [-0.3, -0.25) is 5.41 Å². The molecule has 0 saturated carbocycles. The van der Waals surface area contributed by atoms with Gasteiger partial charge in [-0.05, 0) is 47.4 Å². The van der Waals surface area contributed by atoms with Crippen molar-refractivity contribution in [2.24, 2.45) is 16.0 Å². The number of hydrogen-bond acceptors (Lipinski definition) is 6. The molecule has 0 aliphatic rings. The molecule has 0 saturated heterocycles. The van der Waals surface area contributed by atoms with Gasteiger partial charge in [0.1, 0.15) is 18.2 Å². The van der Waals surface area contributed by atoms with E-state index in [1.807, 2.05) is 12.1 Å². The summed E-state index contributed by atoms with van der Waals surface area (Å²) in [6, 6.07) is 13.1. The van der Waals surface area contributed by atoms with Crippen LogP contribution in [0.4, 0.5) is 5.69 Å². The maximum atomic E-state index is 11.8. The second-order valence-electron chi connectivity index (χ2n) is 7.97. The van der Waals surface area contributed by atoms with Crippen molar-refractivity contribution in [3.05, 3.63) is 64.7 Å². The number of nitrogen functional groups attached to an aromatic ring is 1. The molecule has 2 aromatic carbocycles. The molecule has 0 bridgehead atoms. The van der Waals surface area contributed by atoms with Crippen molar-refractivity contribution in [2.75, 3.05) is 19.0 Å². The number of ether oxygens (including phenoxy) is 1. The second kappa shape index (κ2) is 11.7. The Bertz CT molecular complexity index is 1010. The van der Waals surface area contributed by atoms with Crippen LogP contribution in [0.15, 0.2) is 42.5 Å². The third-order valence-corrected chi connectivity index (χ3v) is 4.72. The first-order valence-corrected chi connectivity index (χ1v) is 11.5. The van der Waals surface area contributed by atoms with E-state index in [0.717, 1.165) is 29.5 Å². The van der Waals surface area contributed by atoms with E-state index in [1.54, 1.807) is 19.2 Å². The molecular weight excluding hydrogens is 430 g/mol. The largest absolute Gasteiger partial charge is 0.384 e. The average molecular weight is 464 g/mol. The van der Waals surface area contributed by atoms with E-state index < -0.39 is 16.3 Å². The van der Waals surface area contributed by atoms with E-state index >= 15 is 0 Å². The Morgan fingerprint density at radius 1 is 1.19 bits per heavy atom. The number of anilines is 1. The van der Waals surface area contributed by atoms with Gasteiger partial charge in [0.25, 0.3) is 10.2 Å². The monoisotopic (exact) mass is 463 g/mol. The van der Waals surface area contributed by atoms with Gasteiger partial charge >= 0.3 is 0 Å². The summed E-state index contributed by atoms with van der Waals surface area (Å²) < 4.78 is 23.7. The van der Waals surface area contributed by atoms with Crippen molar-refractivity contribution in [1.82, 2.24) is 0 Å². The highest BCUT2D eigenvalue weighted by molar-refractivity contribution is 7.86. The number of carbonyl (C=O) groups is 1. The summed E-state index contributed by atoms with van der Waals surface area (Å²) in [5.74, 6) is 0.0224. The van der Waals surface area contributed by atoms with Gasteiger partial charge in [0.05, 0.1) is 6.61 Å². The van der Waals surface area contributed by atoms with Gasteiger partial charge in [-0.2, -0.15) is 8.42 Å². The van der Waals surface area contributed by atoms with Crippen LogP contribution < -0.4 is 21.3 Å². The van der Waals surface area contributed by atoms with Crippen LogP contribution in [0.5, 0.6) is 0 Å². The lowest BCUT2D eigenvalue weighted by Gasteiger charge is -2.27. The maximum Gasteiger partial charge on any atom is 0.271 e. The number of methoxy groups -OCH3 is 1. The topological polar surface area (TPSA) is 174 Å². The van der Waals surface area contributed by atoms with E-state index in [-0.39, 0.29) is 11.3 Å². The molecule has 0 aromatic heterocycles. The summed E-state index contributed by atoms with van der Waals surface area (Å²) in [5, 5.41) is 18.9. The standard InChI is InChI=1S/C22H29N3O2.H4N2O2S/c1-5-15-10-17(12-18(11-15)22(2,3)14-27-4)20(13-26)25-19-8-6-16(7-9-19)21(23)24;1-5(2,3)4/h6-13,20,25H,5,14H2,1-4H3,(H3,23,24);(H4,1,2,3,4). The molecule has 0 fully saturated rings. The molecule has 10 heteroatoms. The fourth-order valence-electron chi connectivity index (χ4n) is 3.06. The SMILES string of the molecule is CCc1cc(C(C=O)Nc2ccc(C(=N)N)cc2)cc(C(C)(C)COC)c1.NS(N)(=O)=O. The van der Waals surface area contributed by atoms with Crippen molar-refractivity contribution in [3.8, 4) is 0 Å². The van der Waals surface area contributed by atoms with E-state index in [4.69, 9.17) is 15.9 Å². The zero-order valence-corrected chi connectivity index (χ0v) is 19.7. The number of nitrogens with two attached hydrogens (primary N) is 3. The quantitative estimate of drug-likeness (QED) is 0.216. The lowest BCUT2D eigenvalue weighted by atomic mass is 9.82. The minimum Gasteiger partial charge on any atom is -0.384 e. The summed E-state index contributed by atoms with van der Waals surface area (Å²) >= 11 is 0. The second-order valence-corrected chi connectivity index (χ2v) is 9.15. The van der Waals surface area contributed by atoms with E-state index in [0.29, 0.717) is 12.2 Å². The number of aldehydes is 1. The Hall–Kier alpha value is -2.79. The van der Waals surface area contributed by atoms with Crippen LogP contribution in [0.1, 0.15) is 49.1 Å². The molecule has 2 rings (SSSR count). The van der Waals surface area contributed by atoms with Crippen LogP contribution in [0.25, 0.3) is 0 Å². The maximum absolute atomic E-state index is 11.8. The van der Waals surface area contributed by atoms with Crippen LogP contribution in [0, 0.1) is 5.41 Å². The smallest absolute Gasteiger partial charge is 0.271 e. The lowest BCUT2D eigenvalue weighted by molar-refractivity contribution is -0.108. The highest BCUT2D eigenvalue weighted by atomic mass is 32.2. The number of hydrogen-bond donors (Lipinski definition) is 5. The van der Waals surface area contributed by atoms with Gasteiger partial charge < -0.3 is 20.6 Å². The Morgan fingerprint density at radius 3 is 2.19 bits per heavy atom. The fourth-order valence-corrected chi connectivity index (χ4v) is 3.06. The van der Waals surface area contributed by atoms with Crippen molar-refractivity contribution in [3.63, 3.8) is 0 Å². The Kier molecular flexibility index (Phi) is 9.98. The number of aryl methyl sites for hydroxylation is 1. The van der Waals surface area contributed by atoms with Crippen LogP contribution in [-0.2, 0) is 31.6 Å². The van der Waals surface area contributed by atoms with Crippen molar-refractivity contribution in [2.45, 2.75) is 38.6 Å². The molecule has 0 aliphatic heterocycles. The lowest BCUT2D eigenvalue weighted by Crippen LogP contribution is -2.24.